The molecule has 0 aromatic carbocycles. The summed E-state index contributed by atoms with van der Waals surface area (Å²) in [7, 11) is 0. The van der Waals surface area contributed by atoms with Crippen LogP contribution in [0.4, 0.5) is 0 Å². The Morgan fingerprint density at radius 2 is 1.00 bits per heavy atom. The van der Waals surface area contributed by atoms with Crippen molar-refractivity contribution < 1.29 is 9.59 Å². The lowest BCUT2D eigenvalue weighted by Crippen LogP contribution is -2.07. The van der Waals surface area contributed by atoms with Gasteiger partial charge in [0.1, 0.15) is 0 Å². The van der Waals surface area contributed by atoms with Crippen molar-refractivity contribution >= 4 is 77.4 Å². The van der Waals surface area contributed by atoms with E-state index in [-0.39, 0.29) is 45.5 Å². The number of aryl methyl sites for hydroxylation is 6. The van der Waals surface area contributed by atoms with Crippen molar-refractivity contribution in [3.8, 4) is 0 Å². The first-order chi connectivity index (χ1) is 12.1. The van der Waals surface area contributed by atoms with Crippen LogP contribution in [0.25, 0.3) is 0 Å². The molecule has 0 saturated carbocycles. The zero-order valence-electron chi connectivity index (χ0n) is 16.9. The molecule has 0 atom stereocenters. The van der Waals surface area contributed by atoms with E-state index < -0.39 is 0 Å². The molecule has 156 valence electrons. The van der Waals surface area contributed by atoms with E-state index in [1.54, 1.807) is 0 Å². The van der Waals surface area contributed by atoms with Gasteiger partial charge in [-0.2, -0.15) is 0 Å². The molecule has 2 heterocycles. The van der Waals surface area contributed by atoms with Gasteiger partial charge in [0.25, 0.3) is 0 Å². The van der Waals surface area contributed by atoms with Gasteiger partial charge in [0.15, 0.2) is 11.6 Å². The van der Waals surface area contributed by atoms with Crippen molar-refractivity contribution in [2.75, 3.05) is 10.7 Å². The molecule has 8 heteroatoms. The fraction of sp³-hybridized carbons (Fsp3) is 0.400. The minimum atomic E-state index is 0. The Balaban J connectivity index is 0. The zero-order chi connectivity index (χ0) is 20.0. The van der Waals surface area contributed by atoms with E-state index in [1.807, 2.05) is 53.7 Å². The monoisotopic (exact) mass is 642 g/mol. The van der Waals surface area contributed by atoms with Crippen LogP contribution in [0, 0.1) is 41.5 Å². The van der Waals surface area contributed by atoms with E-state index in [4.69, 9.17) is 0 Å². The molecule has 2 aromatic rings. The molecule has 2 rings (SSSR count). The van der Waals surface area contributed by atoms with Gasteiger partial charge in [0, 0.05) is 33.9 Å². The molecular formula is C20H26Br4N2O2. The minimum absolute atomic E-state index is 0. The number of nitrogens with zero attached hydrogens (tertiary/aromatic N) is 2. The number of ketones is 2. The summed E-state index contributed by atoms with van der Waals surface area (Å²) in [6.07, 6.45) is 0. The Labute approximate surface area is 205 Å². The lowest BCUT2D eigenvalue weighted by Gasteiger charge is -2.07. The van der Waals surface area contributed by atoms with Gasteiger partial charge < -0.3 is 0 Å². The molecule has 0 radical (unpaired) electrons. The Bertz CT molecular complexity index is 723. The molecule has 0 aliphatic carbocycles. The van der Waals surface area contributed by atoms with Crippen LogP contribution >= 0.6 is 65.8 Å². The van der Waals surface area contributed by atoms with Gasteiger partial charge in [-0.1, -0.05) is 31.9 Å². The molecule has 0 saturated heterocycles. The normalized spacial score (nSPS) is 9.43. The summed E-state index contributed by atoms with van der Waals surface area (Å²) in [5.41, 5.74) is 7.08. The van der Waals surface area contributed by atoms with E-state index in [0.29, 0.717) is 10.7 Å². The zero-order valence-corrected chi connectivity index (χ0v) is 23.5. The Morgan fingerprint density at radius 1 is 0.714 bits per heavy atom. The molecule has 0 fully saturated rings. The number of carbonyl (C=O) groups excluding carboxylic acids is 2. The second kappa shape index (κ2) is 13.7. The van der Waals surface area contributed by atoms with Crippen molar-refractivity contribution in [1.29, 1.82) is 0 Å². The van der Waals surface area contributed by atoms with Gasteiger partial charge in [-0.15, -0.1) is 34.0 Å². The number of pyridine rings is 2. The van der Waals surface area contributed by atoms with Crippen LogP contribution in [0.1, 0.15) is 54.6 Å². The van der Waals surface area contributed by atoms with Crippen molar-refractivity contribution in [3.63, 3.8) is 0 Å². The molecule has 0 bridgehead atoms. The van der Waals surface area contributed by atoms with E-state index in [0.717, 1.165) is 45.0 Å². The van der Waals surface area contributed by atoms with Crippen LogP contribution < -0.4 is 0 Å². The van der Waals surface area contributed by atoms with Gasteiger partial charge in [0.2, 0.25) is 0 Å². The number of carbonyl (C=O) groups is 2. The van der Waals surface area contributed by atoms with Gasteiger partial charge in [0.05, 0.1) is 10.7 Å². The highest BCUT2D eigenvalue weighted by molar-refractivity contribution is 9.09. The Kier molecular flexibility index (Phi) is 14.6. The van der Waals surface area contributed by atoms with Gasteiger partial charge in [-0.05, 0) is 64.8 Å². The third-order valence-corrected chi connectivity index (χ3v) is 4.87. The van der Waals surface area contributed by atoms with Crippen molar-refractivity contribution in [2.45, 2.75) is 41.5 Å². The largest absolute Gasteiger partial charge is 0.293 e. The quantitative estimate of drug-likeness (QED) is 0.288. The maximum atomic E-state index is 11.5. The van der Waals surface area contributed by atoms with E-state index in [1.165, 1.54) is 0 Å². The lowest BCUT2D eigenvalue weighted by molar-refractivity contribution is 0.101. The van der Waals surface area contributed by atoms with Crippen LogP contribution in [0.3, 0.4) is 0 Å². The third kappa shape index (κ3) is 8.13. The summed E-state index contributed by atoms with van der Waals surface area (Å²) < 4.78 is 0. The highest BCUT2D eigenvalue weighted by Crippen LogP contribution is 2.15. The molecule has 28 heavy (non-hydrogen) atoms. The van der Waals surface area contributed by atoms with Crippen LogP contribution in [0.5, 0.6) is 0 Å². The summed E-state index contributed by atoms with van der Waals surface area (Å²) in [6, 6.07) is 3.87. The highest BCUT2D eigenvalue weighted by atomic mass is 79.9. The Hall–Kier alpha value is -0.440. The molecule has 0 aliphatic rings. The molecule has 0 aliphatic heterocycles. The third-order valence-electron chi connectivity index (χ3n) is 3.85. The molecular weight excluding hydrogens is 620 g/mol. The molecule has 0 amide bonds. The predicted molar refractivity (Wildman–Crippen MR) is 134 cm³/mol. The molecule has 0 spiro atoms. The molecule has 0 N–H and O–H groups in total. The SMILES string of the molecule is Br.Br.Cc1cc(C)c(C(=O)CBr)c(C)n1.Cc1cc(C)c(C(=O)CBr)c(C)n1. The van der Waals surface area contributed by atoms with Crippen molar-refractivity contribution in [1.82, 2.24) is 9.97 Å². The molecule has 4 nitrogen and oxygen atoms in total. The van der Waals surface area contributed by atoms with Crippen molar-refractivity contribution in [2.24, 2.45) is 0 Å². The van der Waals surface area contributed by atoms with Crippen LogP contribution in [-0.2, 0) is 0 Å². The number of hydrogen-bond donors (Lipinski definition) is 0. The standard InChI is InChI=1S/2C10H12BrNO.2BrH/c2*1-6-4-7(2)12-8(3)10(6)9(13)5-11;;/h2*4H,5H2,1-3H3;2*1H. The predicted octanol–water partition coefficient (Wildman–Crippen LogP) is 6.32. The average Bonchev–Trinajstić information content (AvgIpc) is 2.53. The first-order valence-corrected chi connectivity index (χ1v) is 10.4. The minimum Gasteiger partial charge on any atom is -0.293 e. The van der Waals surface area contributed by atoms with Gasteiger partial charge in [-0.25, -0.2) is 0 Å². The summed E-state index contributed by atoms with van der Waals surface area (Å²) in [5.74, 6) is 0.199. The topological polar surface area (TPSA) is 59.9 Å². The van der Waals surface area contributed by atoms with Crippen molar-refractivity contribution in [3.05, 3.63) is 57.2 Å². The number of halogens is 4. The number of rotatable bonds is 4. The fourth-order valence-corrected chi connectivity index (χ4v) is 3.58. The number of alkyl halides is 2. The van der Waals surface area contributed by atoms with E-state index in [9.17, 15) is 9.59 Å². The van der Waals surface area contributed by atoms with Crippen LogP contribution in [0.2, 0.25) is 0 Å². The first-order valence-electron chi connectivity index (χ1n) is 8.20. The lowest BCUT2D eigenvalue weighted by atomic mass is 10.0. The summed E-state index contributed by atoms with van der Waals surface area (Å²) in [6.45, 7) is 11.5. The maximum Gasteiger partial charge on any atom is 0.175 e. The second-order valence-corrected chi connectivity index (χ2v) is 7.32. The average molecular weight is 646 g/mol. The first kappa shape index (κ1) is 29.8. The van der Waals surface area contributed by atoms with Gasteiger partial charge in [-0.3, -0.25) is 19.6 Å². The number of aromatic nitrogens is 2. The smallest absolute Gasteiger partial charge is 0.175 e. The van der Waals surface area contributed by atoms with E-state index >= 15 is 0 Å². The summed E-state index contributed by atoms with van der Waals surface area (Å²) in [4.78, 5) is 31.5. The number of Topliss-reactive ketones (excluding diaryl/α,β-unsaturated/α-hetero) is 2. The fourth-order valence-electron chi connectivity index (χ4n) is 3.02. The molecule has 2 aromatic heterocycles. The van der Waals surface area contributed by atoms with Crippen LogP contribution in [-0.4, -0.2) is 32.2 Å². The Morgan fingerprint density at radius 3 is 1.21 bits per heavy atom. The summed E-state index contributed by atoms with van der Waals surface area (Å²) >= 11 is 6.32. The van der Waals surface area contributed by atoms with E-state index in [2.05, 4.69) is 41.8 Å². The number of hydrogen-bond acceptors (Lipinski definition) is 4. The summed E-state index contributed by atoms with van der Waals surface area (Å²) in [5, 5.41) is 0.721. The second-order valence-electron chi connectivity index (χ2n) is 6.20. The van der Waals surface area contributed by atoms with Gasteiger partial charge >= 0.3 is 0 Å². The molecule has 0 unspecified atom stereocenters. The maximum absolute atomic E-state index is 11.5. The highest BCUT2D eigenvalue weighted by Gasteiger charge is 2.12. The van der Waals surface area contributed by atoms with Crippen LogP contribution in [0.15, 0.2) is 12.1 Å².